The Morgan fingerprint density at radius 1 is 0.844 bits per heavy atom. The lowest BCUT2D eigenvalue weighted by molar-refractivity contribution is -0.144. The van der Waals surface area contributed by atoms with Gasteiger partial charge in [-0.25, -0.2) is 4.79 Å². The molecule has 0 saturated carbocycles. The van der Waals surface area contributed by atoms with E-state index in [0.29, 0.717) is 6.42 Å². The van der Waals surface area contributed by atoms with E-state index in [-0.39, 0.29) is 11.7 Å². The second-order valence-electron chi connectivity index (χ2n) is 7.15. The summed E-state index contributed by atoms with van der Waals surface area (Å²) in [6.07, 6.45) is -1.13. The Hall–Kier alpha value is -2.87. The second-order valence-corrected chi connectivity index (χ2v) is 7.51. The molecule has 0 heterocycles. The molecule has 13 nitrogen and oxygen atoms in total. The Labute approximate surface area is 189 Å². The van der Waals surface area contributed by atoms with Crippen LogP contribution in [0.4, 0.5) is 0 Å². The Morgan fingerprint density at radius 3 is 1.78 bits per heavy atom. The highest BCUT2D eigenvalue weighted by atomic mass is 32.1. The second kappa shape index (κ2) is 14.2. The van der Waals surface area contributed by atoms with Crippen LogP contribution in [0.1, 0.15) is 39.5 Å². The average Bonchev–Trinajstić information content (AvgIpc) is 2.71. The van der Waals surface area contributed by atoms with Crippen molar-refractivity contribution in [2.45, 2.75) is 63.7 Å². The number of thiol groups is 1. The van der Waals surface area contributed by atoms with Gasteiger partial charge in [-0.05, 0) is 12.3 Å². The summed E-state index contributed by atoms with van der Waals surface area (Å²) in [6.45, 7) is 3.51. The number of nitrogens with two attached hydrogens (primary N) is 1. The molecule has 0 aromatic rings. The molecule has 0 aliphatic carbocycles. The summed E-state index contributed by atoms with van der Waals surface area (Å²) in [5.41, 5.74) is 5.79. The van der Waals surface area contributed by atoms with Gasteiger partial charge in [0.1, 0.15) is 18.1 Å². The van der Waals surface area contributed by atoms with Crippen LogP contribution < -0.4 is 21.7 Å². The van der Waals surface area contributed by atoms with E-state index in [4.69, 9.17) is 21.1 Å². The van der Waals surface area contributed by atoms with E-state index < -0.39 is 79.1 Å². The topological polar surface area (TPSA) is 225 Å². The van der Waals surface area contributed by atoms with E-state index in [0.717, 1.165) is 0 Å². The quantitative estimate of drug-likeness (QED) is 0.123. The summed E-state index contributed by atoms with van der Waals surface area (Å²) >= 11 is 3.93. The van der Waals surface area contributed by atoms with Crippen molar-refractivity contribution in [2.75, 3.05) is 5.75 Å². The molecule has 182 valence electrons. The normalized spacial score (nSPS) is 15.4. The number of carbonyl (C=O) groups is 6. The minimum absolute atomic E-state index is 0.238. The number of hydrogen-bond acceptors (Lipinski definition) is 8. The van der Waals surface area contributed by atoms with Crippen molar-refractivity contribution in [1.82, 2.24) is 16.0 Å². The first kappa shape index (κ1) is 29.1. The standard InChI is InChI=1S/C18H30N4O9S/c1-3-8(2)14(19)17(29)21-10(6-13(25)26)15(27)22-11(7-32)16(28)20-9(18(30)31)4-5-12(23)24/h8-11,14,32H,3-7,19H2,1-2H3,(H,20,28)(H,21,29)(H,22,27)(H,23,24)(H,25,26)(H,30,31). The smallest absolute Gasteiger partial charge is 0.326 e. The summed E-state index contributed by atoms with van der Waals surface area (Å²) in [5, 5.41) is 33.4. The van der Waals surface area contributed by atoms with Gasteiger partial charge in [-0.1, -0.05) is 20.3 Å². The van der Waals surface area contributed by atoms with Gasteiger partial charge in [0, 0.05) is 12.2 Å². The average molecular weight is 479 g/mol. The first-order valence-electron chi connectivity index (χ1n) is 9.77. The summed E-state index contributed by atoms with van der Waals surface area (Å²) in [4.78, 5) is 70.2. The molecule has 0 rings (SSSR count). The Balaban J connectivity index is 5.29. The van der Waals surface area contributed by atoms with Crippen molar-refractivity contribution >= 4 is 48.3 Å². The SMILES string of the molecule is CCC(C)C(N)C(=O)NC(CC(=O)O)C(=O)NC(CS)C(=O)NC(CCC(=O)O)C(=O)O. The van der Waals surface area contributed by atoms with E-state index in [2.05, 4.69) is 28.6 Å². The van der Waals surface area contributed by atoms with Gasteiger partial charge in [0.15, 0.2) is 0 Å². The third-order valence-electron chi connectivity index (χ3n) is 4.65. The van der Waals surface area contributed by atoms with Gasteiger partial charge in [0.2, 0.25) is 17.7 Å². The van der Waals surface area contributed by atoms with Crippen LogP contribution >= 0.6 is 12.6 Å². The molecular formula is C18H30N4O9S. The molecule has 8 N–H and O–H groups in total. The molecule has 0 saturated heterocycles. The van der Waals surface area contributed by atoms with Crippen molar-refractivity contribution in [1.29, 1.82) is 0 Å². The number of nitrogens with one attached hydrogen (secondary N) is 3. The van der Waals surface area contributed by atoms with Crippen molar-refractivity contribution in [2.24, 2.45) is 11.7 Å². The van der Waals surface area contributed by atoms with E-state index in [9.17, 15) is 28.8 Å². The fourth-order valence-corrected chi connectivity index (χ4v) is 2.69. The fourth-order valence-electron chi connectivity index (χ4n) is 2.43. The number of carboxylic acids is 3. The molecule has 14 heteroatoms. The van der Waals surface area contributed by atoms with E-state index in [1.54, 1.807) is 13.8 Å². The maximum Gasteiger partial charge on any atom is 0.326 e. The van der Waals surface area contributed by atoms with E-state index in [1.807, 2.05) is 0 Å². The van der Waals surface area contributed by atoms with Crippen LogP contribution in [-0.2, 0) is 28.8 Å². The van der Waals surface area contributed by atoms with Gasteiger partial charge in [0.25, 0.3) is 0 Å². The van der Waals surface area contributed by atoms with Gasteiger partial charge in [-0.2, -0.15) is 12.6 Å². The summed E-state index contributed by atoms with van der Waals surface area (Å²) in [7, 11) is 0. The molecule has 5 atom stereocenters. The molecule has 0 aliphatic rings. The number of amides is 3. The lowest BCUT2D eigenvalue weighted by Crippen LogP contribution is -2.58. The first-order valence-corrected chi connectivity index (χ1v) is 10.4. The van der Waals surface area contributed by atoms with E-state index >= 15 is 0 Å². The molecule has 0 bridgehead atoms. The Morgan fingerprint density at radius 2 is 1.34 bits per heavy atom. The zero-order valence-electron chi connectivity index (χ0n) is 17.7. The molecule has 0 aliphatic heterocycles. The number of carboxylic acid groups (broad SMARTS) is 3. The maximum atomic E-state index is 12.5. The molecule has 3 amide bonds. The zero-order chi connectivity index (χ0) is 25.0. The van der Waals surface area contributed by atoms with Gasteiger partial charge >= 0.3 is 17.9 Å². The number of aliphatic carboxylic acids is 3. The van der Waals surface area contributed by atoms with Crippen LogP contribution in [0.2, 0.25) is 0 Å². The molecule has 32 heavy (non-hydrogen) atoms. The summed E-state index contributed by atoms with van der Waals surface area (Å²) in [6, 6.07) is -5.44. The van der Waals surface area contributed by atoms with E-state index in [1.165, 1.54) is 0 Å². The predicted octanol–water partition coefficient (Wildman–Crippen LogP) is -1.83. The fraction of sp³-hybridized carbons (Fsp3) is 0.667. The molecule has 0 aromatic carbocycles. The summed E-state index contributed by atoms with van der Waals surface area (Å²) < 4.78 is 0. The third-order valence-corrected chi connectivity index (χ3v) is 5.01. The molecular weight excluding hydrogens is 448 g/mol. The predicted molar refractivity (Wildman–Crippen MR) is 114 cm³/mol. The van der Waals surface area contributed by atoms with Crippen molar-refractivity contribution in [3.8, 4) is 0 Å². The zero-order valence-corrected chi connectivity index (χ0v) is 18.6. The molecule has 0 fully saturated rings. The lowest BCUT2D eigenvalue weighted by Gasteiger charge is -2.24. The van der Waals surface area contributed by atoms with Gasteiger partial charge in [0.05, 0.1) is 12.5 Å². The number of carbonyl (C=O) groups excluding carboxylic acids is 3. The van der Waals surface area contributed by atoms with Gasteiger partial charge in [-0.15, -0.1) is 0 Å². The van der Waals surface area contributed by atoms with Crippen LogP contribution in [0.3, 0.4) is 0 Å². The highest BCUT2D eigenvalue weighted by Gasteiger charge is 2.31. The highest BCUT2D eigenvalue weighted by Crippen LogP contribution is 2.07. The van der Waals surface area contributed by atoms with Gasteiger partial charge in [-0.3, -0.25) is 24.0 Å². The Kier molecular flexibility index (Phi) is 13.0. The van der Waals surface area contributed by atoms with Crippen LogP contribution in [0, 0.1) is 5.92 Å². The number of rotatable bonds is 15. The molecule has 0 radical (unpaired) electrons. The molecule has 5 unspecified atom stereocenters. The summed E-state index contributed by atoms with van der Waals surface area (Å²) in [5.74, 6) is -7.37. The monoisotopic (exact) mass is 478 g/mol. The van der Waals surface area contributed by atoms with Crippen molar-refractivity contribution in [3.05, 3.63) is 0 Å². The van der Waals surface area contributed by atoms with Gasteiger partial charge < -0.3 is 37.0 Å². The highest BCUT2D eigenvalue weighted by molar-refractivity contribution is 7.80. The van der Waals surface area contributed by atoms with Crippen LogP contribution in [0.15, 0.2) is 0 Å². The Bertz CT molecular complexity index is 719. The van der Waals surface area contributed by atoms with Crippen molar-refractivity contribution in [3.63, 3.8) is 0 Å². The maximum absolute atomic E-state index is 12.5. The van der Waals surface area contributed by atoms with Crippen LogP contribution in [-0.4, -0.2) is 80.9 Å². The van der Waals surface area contributed by atoms with Crippen molar-refractivity contribution < 1.29 is 44.1 Å². The first-order chi connectivity index (χ1) is 14.8. The lowest BCUT2D eigenvalue weighted by atomic mass is 9.99. The third kappa shape index (κ3) is 10.4. The molecule has 0 spiro atoms. The van der Waals surface area contributed by atoms with Crippen LogP contribution in [0.5, 0.6) is 0 Å². The number of hydrogen-bond donors (Lipinski definition) is 8. The van der Waals surface area contributed by atoms with Crippen LogP contribution in [0.25, 0.3) is 0 Å². The largest absolute Gasteiger partial charge is 0.481 e. The minimum atomic E-state index is -1.55. The molecule has 0 aromatic heterocycles. The minimum Gasteiger partial charge on any atom is -0.481 e.